The van der Waals surface area contributed by atoms with Gasteiger partial charge in [-0.05, 0) is 35.9 Å². The molecule has 0 aromatic heterocycles. The quantitative estimate of drug-likeness (QED) is 0.751. The summed E-state index contributed by atoms with van der Waals surface area (Å²) in [4.78, 5) is 1.92. The number of anilines is 2. The highest BCUT2D eigenvalue weighted by Crippen LogP contribution is 2.27. The monoisotopic (exact) mass is 288 g/mol. The lowest BCUT2D eigenvalue weighted by molar-refractivity contribution is 0.626. The van der Waals surface area contributed by atoms with Crippen LogP contribution in [-0.4, -0.2) is 6.54 Å². The summed E-state index contributed by atoms with van der Waals surface area (Å²) in [5.74, 6) is -0.0675. The van der Waals surface area contributed by atoms with Gasteiger partial charge in [-0.2, -0.15) is 5.26 Å². The number of hydrogen-bond acceptors (Lipinski definition) is 2. The van der Waals surface area contributed by atoms with E-state index >= 15 is 0 Å². The Balaban J connectivity index is 2.41. The lowest BCUT2D eigenvalue weighted by atomic mass is 10.1. The van der Waals surface area contributed by atoms with Crippen molar-refractivity contribution < 1.29 is 4.39 Å². The Morgan fingerprint density at radius 1 is 1.10 bits per heavy atom. The van der Waals surface area contributed by atoms with Crippen LogP contribution in [0.2, 0.25) is 0 Å². The molecule has 0 heterocycles. The molecule has 2 aromatic rings. The van der Waals surface area contributed by atoms with Crippen molar-refractivity contribution in [2.75, 3.05) is 11.4 Å². The van der Waals surface area contributed by atoms with Gasteiger partial charge >= 0.3 is 0 Å². The van der Waals surface area contributed by atoms with Crippen molar-refractivity contribution in [1.82, 2.24) is 0 Å². The number of nitriles is 1. The fraction of sp³-hybridized carbons (Fsp3) is 0.188. The van der Waals surface area contributed by atoms with Gasteiger partial charge in [-0.1, -0.05) is 18.2 Å². The number of benzene rings is 2. The lowest BCUT2D eigenvalue weighted by Gasteiger charge is -2.24. The van der Waals surface area contributed by atoms with Crippen LogP contribution in [-0.2, 0) is 5.88 Å². The highest BCUT2D eigenvalue weighted by molar-refractivity contribution is 6.17. The van der Waals surface area contributed by atoms with Crippen LogP contribution >= 0.6 is 11.6 Å². The van der Waals surface area contributed by atoms with Crippen LogP contribution in [0, 0.1) is 17.1 Å². The molecule has 0 amide bonds. The van der Waals surface area contributed by atoms with Crippen LogP contribution in [0.5, 0.6) is 0 Å². The average molecular weight is 289 g/mol. The largest absolute Gasteiger partial charge is 0.340 e. The third-order valence-electron chi connectivity index (χ3n) is 2.92. The number of hydrogen-bond donors (Lipinski definition) is 0. The molecule has 0 N–H and O–H groups in total. The predicted molar refractivity (Wildman–Crippen MR) is 79.6 cm³/mol. The van der Waals surface area contributed by atoms with E-state index < -0.39 is 0 Å². The van der Waals surface area contributed by atoms with Gasteiger partial charge in [0.25, 0.3) is 0 Å². The van der Waals surface area contributed by atoms with Crippen molar-refractivity contribution in [2.24, 2.45) is 0 Å². The molecule has 2 aromatic carbocycles. The molecule has 0 bridgehead atoms. The van der Waals surface area contributed by atoms with Crippen LogP contribution in [0.1, 0.15) is 12.0 Å². The van der Waals surface area contributed by atoms with Gasteiger partial charge in [-0.15, -0.1) is 11.6 Å². The van der Waals surface area contributed by atoms with Gasteiger partial charge < -0.3 is 4.90 Å². The summed E-state index contributed by atoms with van der Waals surface area (Å²) in [6, 6.07) is 16.5. The Morgan fingerprint density at radius 3 is 2.50 bits per heavy atom. The second-order valence-corrected chi connectivity index (χ2v) is 4.61. The minimum absolute atomic E-state index is 0.256. The van der Waals surface area contributed by atoms with Crippen LogP contribution < -0.4 is 4.90 Å². The molecule has 0 aliphatic heterocycles. The van der Waals surface area contributed by atoms with Crippen LogP contribution in [0.15, 0.2) is 48.5 Å². The molecule has 4 heteroatoms. The Bertz CT molecular complexity index is 608. The molecule has 102 valence electrons. The third-order valence-corrected chi connectivity index (χ3v) is 3.23. The van der Waals surface area contributed by atoms with Crippen LogP contribution in [0.4, 0.5) is 15.8 Å². The molecule has 0 atom stereocenters. The standard InChI is InChI=1S/C16H14ClFN2/c17-12-13-9-14(18)11-16(10-13)20(8-4-7-19)15-5-2-1-3-6-15/h1-3,5-6,9-11H,4,8,12H2. The Hall–Kier alpha value is -2.05. The molecule has 0 saturated carbocycles. The number of para-hydroxylation sites is 1. The van der Waals surface area contributed by atoms with Crippen molar-refractivity contribution in [1.29, 1.82) is 5.26 Å². The summed E-state index contributed by atoms with van der Waals surface area (Å²) >= 11 is 5.79. The zero-order valence-electron chi connectivity index (χ0n) is 10.9. The summed E-state index contributed by atoms with van der Waals surface area (Å²) in [5, 5.41) is 8.79. The number of nitrogens with zero attached hydrogens (tertiary/aromatic N) is 2. The minimum Gasteiger partial charge on any atom is -0.340 e. The Kier molecular flexibility index (Phi) is 4.97. The first-order valence-electron chi connectivity index (χ1n) is 6.29. The molecule has 2 nitrogen and oxygen atoms in total. The number of halogens is 2. The fourth-order valence-corrected chi connectivity index (χ4v) is 2.20. The molecule has 2 rings (SSSR count). The smallest absolute Gasteiger partial charge is 0.125 e. The van der Waals surface area contributed by atoms with Crippen molar-refractivity contribution in [3.63, 3.8) is 0 Å². The summed E-state index contributed by atoms with van der Waals surface area (Å²) in [6.45, 7) is 0.506. The molecule has 0 saturated heterocycles. The highest BCUT2D eigenvalue weighted by Gasteiger charge is 2.11. The Labute approximate surface area is 123 Å². The van der Waals surface area contributed by atoms with E-state index in [0.29, 0.717) is 18.7 Å². The normalized spacial score (nSPS) is 10.1. The van der Waals surface area contributed by atoms with Gasteiger partial charge in [0.15, 0.2) is 0 Å². The highest BCUT2D eigenvalue weighted by atomic mass is 35.5. The topological polar surface area (TPSA) is 27.0 Å². The first kappa shape index (κ1) is 14.4. The van der Waals surface area contributed by atoms with Crippen molar-refractivity contribution >= 4 is 23.0 Å². The summed E-state index contributed by atoms with van der Waals surface area (Å²) in [5.41, 5.74) is 2.36. The number of alkyl halides is 1. The zero-order valence-corrected chi connectivity index (χ0v) is 11.6. The summed E-state index contributed by atoms with van der Waals surface area (Å²) < 4.78 is 13.7. The van der Waals surface area contributed by atoms with Crippen molar-refractivity contribution in [3.05, 3.63) is 59.9 Å². The van der Waals surface area contributed by atoms with E-state index in [4.69, 9.17) is 16.9 Å². The molecule has 0 aliphatic carbocycles. The van der Waals surface area contributed by atoms with E-state index in [1.165, 1.54) is 12.1 Å². The van der Waals surface area contributed by atoms with Gasteiger partial charge in [-0.25, -0.2) is 4.39 Å². The van der Waals surface area contributed by atoms with Gasteiger partial charge in [-0.3, -0.25) is 0 Å². The first-order chi connectivity index (χ1) is 9.74. The second-order valence-electron chi connectivity index (χ2n) is 4.35. The molecule has 0 radical (unpaired) electrons. The molecule has 0 aliphatic rings. The summed E-state index contributed by atoms with van der Waals surface area (Å²) in [6.07, 6.45) is 0.363. The van der Waals surface area contributed by atoms with Gasteiger partial charge in [0, 0.05) is 23.8 Å². The van der Waals surface area contributed by atoms with Crippen molar-refractivity contribution in [2.45, 2.75) is 12.3 Å². The zero-order chi connectivity index (χ0) is 14.4. The maximum absolute atomic E-state index is 13.7. The SMILES string of the molecule is N#CCCN(c1ccccc1)c1cc(F)cc(CCl)c1. The average Bonchev–Trinajstić information content (AvgIpc) is 2.48. The van der Waals surface area contributed by atoms with E-state index in [2.05, 4.69) is 6.07 Å². The van der Waals surface area contributed by atoms with Gasteiger partial charge in [0.05, 0.1) is 12.5 Å². The van der Waals surface area contributed by atoms with Gasteiger partial charge in [0.2, 0.25) is 0 Å². The molecule has 0 fully saturated rings. The second kappa shape index (κ2) is 6.93. The molecule has 0 unspecified atom stereocenters. The maximum atomic E-state index is 13.7. The maximum Gasteiger partial charge on any atom is 0.125 e. The van der Waals surface area contributed by atoms with E-state index in [1.807, 2.05) is 41.3 Å². The Morgan fingerprint density at radius 2 is 1.85 bits per heavy atom. The molecule has 20 heavy (non-hydrogen) atoms. The van der Waals surface area contributed by atoms with Gasteiger partial charge in [0.1, 0.15) is 5.82 Å². The minimum atomic E-state index is -0.323. The van der Waals surface area contributed by atoms with Crippen LogP contribution in [0.25, 0.3) is 0 Å². The van der Waals surface area contributed by atoms with E-state index in [9.17, 15) is 4.39 Å². The number of rotatable bonds is 5. The van der Waals surface area contributed by atoms with Crippen LogP contribution in [0.3, 0.4) is 0 Å². The van der Waals surface area contributed by atoms with E-state index in [1.54, 1.807) is 0 Å². The van der Waals surface area contributed by atoms with E-state index in [-0.39, 0.29) is 11.7 Å². The lowest BCUT2D eigenvalue weighted by Crippen LogP contribution is -2.18. The van der Waals surface area contributed by atoms with E-state index in [0.717, 1.165) is 11.3 Å². The third kappa shape index (κ3) is 3.49. The summed E-state index contributed by atoms with van der Waals surface area (Å²) in [7, 11) is 0. The van der Waals surface area contributed by atoms with Crippen molar-refractivity contribution in [3.8, 4) is 6.07 Å². The predicted octanol–water partition coefficient (Wildman–Crippen LogP) is 4.62. The molecular formula is C16H14ClFN2. The molecular weight excluding hydrogens is 275 g/mol. The molecule has 0 spiro atoms. The first-order valence-corrected chi connectivity index (χ1v) is 6.83. The fourth-order valence-electron chi connectivity index (χ4n) is 2.04.